The summed E-state index contributed by atoms with van der Waals surface area (Å²) in [5.41, 5.74) is 0.830. The van der Waals surface area contributed by atoms with E-state index in [9.17, 15) is 14.4 Å². The molecule has 0 aliphatic heterocycles. The molecule has 0 spiro atoms. The summed E-state index contributed by atoms with van der Waals surface area (Å²) in [5, 5.41) is 0. The second-order valence-corrected chi connectivity index (χ2v) is 8.22. The number of ether oxygens (including phenoxy) is 2. The quantitative estimate of drug-likeness (QED) is 0.726. The number of fused-ring (bicyclic) bond motifs is 2. The van der Waals surface area contributed by atoms with Crippen molar-refractivity contribution in [1.29, 1.82) is 0 Å². The summed E-state index contributed by atoms with van der Waals surface area (Å²) in [4.78, 5) is 39.9. The van der Waals surface area contributed by atoms with E-state index in [-0.39, 0.29) is 5.78 Å². The fourth-order valence-electron chi connectivity index (χ4n) is 5.64. The number of carbonyl (C=O) groups excluding carboxylic acids is 3. The van der Waals surface area contributed by atoms with Crippen LogP contribution in [0.15, 0.2) is 60.7 Å². The molecule has 0 N–H and O–H groups in total. The molecule has 0 unspecified atom stereocenters. The van der Waals surface area contributed by atoms with E-state index in [2.05, 4.69) is 0 Å². The first kappa shape index (κ1) is 20.1. The van der Waals surface area contributed by atoms with Crippen LogP contribution in [0.5, 0.6) is 0 Å². The lowest BCUT2D eigenvalue weighted by atomic mass is 9.62. The smallest absolute Gasteiger partial charge is 0.310 e. The van der Waals surface area contributed by atoms with Gasteiger partial charge in [0, 0.05) is 0 Å². The predicted molar refractivity (Wildman–Crippen MR) is 112 cm³/mol. The Hall–Kier alpha value is -3.21. The fourth-order valence-corrected chi connectivity index (χ4v) is 5.64. The van der Waals surface area contributed by atoms with E-state index in [1.165, 1.54) is 14.2 Å². The number of Topliss-reactive ketones (excluding diaryl/α,β-unsaturated/α-hetero) is 1. The zero-order chi connectivity index (χ0) is 21.7. The summed E-state index contributed by atoms with van der Waals surface area (Å²) in [7, 11) is 2.56. The van der Waals surface area contributed by atoms with Crippen LogP contribution in [0.3, 0.4) is 0 Å². The molecular formula is C25H24O5. The van der Waals surface area contributed by atoms with Crippen LogP contribution in [-0.4, -0.2) is 31.9 Å². The third-order valence-corrected chi connectivity index (χ3v) is 6.84. The molecule has 4 rings (SSSR count). The maximum atomic E-state index is 14.0. The lowest BCUT2D eigenvalue weighted by molar-refractivity contribution is -0.160. The molecule has 2 aromatic rings. The van der Waals surface area contributed by atoms with Gasteiger partial charge in [0.2, 0.25) is 0 Å². The Morgan fingerprint density at radius 3 is 1.33 bits per heavy atom. The molecule has 0 radical (unpaired) electrons. The molecule has 4 atom stereocenters. The van der Waals surface area contributed by atoms with E-state index in [1.807, 2.05) is 60.7 Å². The van der Waals surface area contributed by atoms with Gasteiger partial charge in [0.25, 0.3) is 0 Å². The molecule has 5 nitrogen and oxygen atoms in total. The van der Waals surface area contributed by atoms with Crippen molar-refractivity contribution in [2.45, 2.75) is 13.8 Å². The number of hydrogen-bond acceptors (Lipinski definition) is 5. The van der Waals surface area contributed by atoms with E-state index in [0.29, 0.717) is 0 Å². The molecule has 2 aliphatic carbocycles. The number of carbonyl (C=O) groups is 3. The van der Waals surface area contributed by atoms with Crippen LogP contribution >= 0.6 is 0 Å². The van der Waals surface area contributed by atoms with Crippen molar-refractivity contribution in [2.24, 2.45) is 22.7 Å². The predicted octanol–water partition coefficient (Wildman–Crippen LogP) is 3.78. The Morgan fingerprint density at radius 2 is 1.03 bits per heavy atom. The largest absolute Gasteiger partial charge is 0.469 e. The summed E-state index contributed by atoms with van der Waals surface area (Å²) in [6.45, 7) is 3.52. The Morgan fingerprint density at radius 1 is 0.700 bits per heavy atom. The summed E-state index contributed by atoms with van der Waals surface area (Å²) < 4.78 is 10.1. The molecule has 1 fully saturated rings. The lowest BCUT2D eigenvalue weighted by Crippen LogP contribution is -2.43. The monoisotopic (exact) mass is 404 g/mol. The molecule has 0 saturated heterocycles. The van der Waals surface area contributed by atoms with Crippen molar-refractivity contribution in [3.05, 3.63) is 71.8 Å². The van der Waals surface area contributed by atoms with Crippen LogP contribution in [0, 0.1) is 22.7 Å². The zero-order valence-corrected chi connectivity index (χ0v) is 17.5. The average molecular weight is 404 g/mol. The molecule has 1 saturated carbocycles. The standard InChI is InChI=1S/C25H24O5/c1-24-17(15-11-7-5-8-12-15)18(16-13-9-6-10-14-16)25(2,23(24)28)20(22(27)30-4)19(24)21(26)29-3/h5-14,19-20H,1-4H3/t19-,20+,24+,25-. The maximum absolute atomic E-state index is 14.0. The van der Waals surface area contributed by atoms with E-state index < -0.39 is 34.6 Å². The highest BCUT2D eigenvalue weighted by Crippen LogP contribution is 2.71. The summed E-state index contributed by atoms with van der Waals surface area (Å²) in [6.07, 6.45) is 0. The highest BCUT2D eigenvalue weighted by atomic mass is 16.5. The Labute approximate surface area is 175 Å². The maximum Gasteiger partial charge on any atom is 0.310 e. The first-order valence-electron chi connectivity index (χ1n) is 9.90. The van der Waals surface area contributed by atoms with Crippen LogP contribution in [0.4, 0.5) is 0 Å². The van der Waals surface area contributed by atoms with Crippen molar-refractivity contribution in [3.63, 3.8) is 0 Å². The number of benzene rings is 2. The van der Waals surface area contributed by atoms with Crippen LogP contribution in [-0.2, 0) is 23.9 Å². The SMILES string of the molecule is COC(=O)[C@@H]1[C@H](C(=O)OC)[C@@]2(C)C(=O)[C@]1(C)C(c1ccccc1)=C2c1ccccc1. The number of allylic oxidation sites excluding steroid dienone is 2. The van der Waals surface area contributed by atoms with Gasteiger partial charge in [0.15, 0.2) is 5.78 Å². The van der Waals surface area contributed by atoms with Crippen LogP contribution in [0.1, 0.15) is 25.0 Å². The second kappa shape index (κ2) is 6.94. The molecule has 2 aliphatic rings. The lowest BCUT2D eigenvalue weighted by Gasteiger charge is -2.39. The first-order chi connectivity index (χ1) is 14.3. The topological polar surface area (TPSA) is 69.7 Å². The minimum atomic E-state index is -1.22. The highest BCUT2D eigenvalue weighted by molar-refractivity contribution is 6.26. The van der Waals surface area contributed by atoms with Crippen molar-refractivity contribution >= 4 is 28.9 Å². The molecule has 0 aromatic heterocycles. The van der Waals surface area contributed by atoms with Gasteiger partial charge in [-0.05, 0) is 36.1 Å². The number of esters is 2. The van der Waals surface area contributed by atoms with Gasteiger partial charge < -0.3 is 9.47 Å². The Bertz CT molecular complexity index is 972. The zero-order valence-electron chi connectivity index (χ0n) is 17.5. The van der Waals surface area contributed by atoms with E-state index >= 15 is 0 Å². The normalized spacial score (nSPS) is 29.8. The molecule has 0 amide bonds. The number of hydrogen-bond donors (Lipinski definition) is 0. The third-order valence-electron chi connectivity index (χ3n) is 6.84. The molecule has 2 bridgehead atoms. The molecule has 0 heterocycles. The van der Waals surface area contributed by atoms with Gasteiger partial charge in [-0.3, -0.25) is 14.4 Å². The molecule has 5 heteroatoms. The van der Waals surface area contributed by atoms with Crippen LogP contribution in [0.2, 0.25) is 0 Å². The number of ketones is 1. The Kier molecular flexibility index (Phi) is 4.64. The van der Waals surface area contributed by atoms with Crippen LogP contribution < -0.4 is 0 Å². The van der Waals surface area contributed by atoms with Gasteiger partial charge in [0.1, 0.15) is 0 Å². The first-order valence-corrected chi connectivity index (χ1v) is 9.90. The van der Waals surface area contributed by atoms with E-state index in [4.69, 9.17) is 9.47 Å². The minimum Gasteiger partial charge on any atom is -0.469 e. The molecule has 154 valence electrons. The second-order valence-electron chi connectivity index (χ2n) is 8.22. The van der Waals surface area contributed by atoms with Gasteiger partial charge in [-0.2, -0.15) is 0 Å². The van der Waals surface area contributed by atoms with Gasteiger partial charge in [-0.15, -0.1) is 0 Å². The van der Waals surface area contributed by atoms with Gasteiger partial charge >= 0.3 is 11.9 Å². The number of rotatable bonds is 4. The van der Waals surface area contributed by atoms with Gasteiger partial charge in [0.05, 0.1) is 36.9 Å². The van der Waals surface area contributed by atoms with Crippen molar-refractivity contribution in [1.82, 2.24) is 0 Å². The van der Waals surface area contributed by atoms with Crippen molar-refractivity contribution < 1.29 is 23.9 Å². The van der Waals surface area contributed by atoms with Crippen molar-refractivity contribution in [3.8, 4) is 0 Å². The van der Waals surface area contributed by atoms with Crippen LogP contribution in [0.25, 0.3) is 11.1 Å². The van der Waals surface area contributed by atoms with E-state index in [0.717, 1.165) is 22.3 Å². The van der Waals surface area contributed by atoms with Gasteiger partial charge in [-0.25, -0.2) is 0 Å². The summed E-state index contributed by atoms with van der Waals surface area (Å²) >= 11 is 0. The molecule has 2 aromatic carbocycles. The Balaban J connectivity index is 2.12. The minimum absolute atomic E-state index is 0.154. The molecular weight excluding hydrogens is 380 g/mol. The van der Waals surface area contributed by atoms with Crippen molar-refractivity contribution in [2.75, 3.05) is 14.2 Å². The number of methoxy groups -OCH3 is 2. The summed E-state index contributed by atoms with van der Waals surface area (Å²) in [5.74, 6) is -3.24. The summed E-state index contributed by atoms with van der Waals surface area (Å²) in [6, 6.07) is 19.1. The highest BCUT2D eigenvalue weighted by Gasteiger charge is 2.76. The third kappa shape index (κ3) is 2.38. The van der Waals surface area contributed by atoms with Gasteiger partial charge in [-0.1, -0.05) is 60.7 Å². The van der Waals surface area contributed by atoms with E-state index in [1.54, 1.807) is 13.8 Å². The fraction of sp³-hybridized carbons (Fsp3) is 0.320. The molecule has 30 heavy (non-hydrogen) atoms. The average Bonchev–Trinajstić information content (AvgIpc) is 3.07.